The molecule has 21 heavy (non-hydrogen) atoms. The lowest BCUT2D eigenvalue weighted by Crippen LogP contribution is -2.36. The minimum Gasteiger partial charge on any atom is -0.397 e. The smallest absolute Gasteiger partial charge is 0.263 e. The van der Waals surface area contributed by atoms with Crippen LogP contribution in [0.2, 0.25) is 0 Å². The Morgan fingerprint density at radius 1 is 1.33 bits per heavy atom. The van der Waals surface area contributed by atoms with E-state index >= 15 is 0 Å². The van der Waals surface area contributed by atoms with E-state index in [1.165, 1.54) is 24.2 Å². The van der Waals surface area contributed by atoms with Crippen molar-refractivity contribution in [3.05, 3.63) is 16.1 Å². The Balaban J connectivity index is 1.95. The normalized spacial score (nSPS) is 21.9. The topological polar surface area (TPSA) is 80.9 Å². The van der Waals surface area contributed by atoms with Crippen molar-refractivity contribution in [3.63, 3.8) is 0 Å². The van der Waals surface area contributed by atoms with Gasteiger partial charge in [0, 0.05) is 11.4 Å². The zero-order valence-electron chi connectivity index (χ0n) is 12.6. The third kappa shape index (κ3) is 2.37. The summed E-state index contributed by atoms with van der Waals surface area (Å²) in [5.41, 5.74) is 8.59. The molecule has 2 aromatic heterocycles. The average molecular weight is 304 g/mol. The van der Waals surface area contributed by atoms with Crippen LogP contribution in [0.4, 0.5) is 5.69 Å². The van der Waals surface area contributed by atoms with Gasteiger partial charge in [-0.05, 0) is 38.2 Å². The van der Waals surface area contributed by atoms with Crippen LogP contribution in [0.3, 0.4) is 0 Å². The zero-order valence-corrected chi connectivity index (χ0v) is 13.4. The number of carbonyl (C=O) groups is 1. The lowest BCUT2D eigenvalue weighted by molar-refractivity contribution is 0.0934. The summed E-state index contributed by atoms with van der Waals surface area (Å²) in [5, 5.41) is 12.3. The van der Waals surface area contributed by atoms with Gasteiger partial charge in [-0.1, -0.05) is 13.3 Å². The van der Waals surface area contributed by atoms with Crippen LogP contribution in [0.25, 0.3) is 10.2 Å². The molecule has 5 nitrogen and oxygen atoms in total. The number of anilines is 1. The summed E-state index contributed by atoms with van der Waals surface area (Å²) in [4.78, 5) is 13.8. The van der Waals surface area contributed by atoms with Gasteiger partial charge in [0.05, 0.1) is 11.4 Å². The van der Waals surface area contributed by atoms with E-state index in [0.29, 0.717) is 16.5 Å². The Labute approximate surface area is 127 Å². The number of thiophene rings is 1. The molecule has 1 saturated carbocycles. The molecule has 0 radical (unpaired) electrons. The molecule has 2 heterocycles. The SMILES string of the molecule is Cc1nnc2sc(C(=O)NC3CCCC3C)c(N)c2c1C. The van der Waals surface area contributed by atoms with Gasteiger partial charge in [0.1, 0.15) is 9.71 Å². The molecule has 2 unspecified atom stereocenters. The van der Waals surface area contributed by atoms with E-state index in [0.717, 1.165) is 27.9 Å². The maximum absolute atomic E-state index is 12.5. The van der Waals surface area contributed by atoms with Crippen molar-refractivity contribution in [3.8, 4) is 0 Å². The summed E-state index contributed by atoms with van der Waals surface area (Å²) in [7, 11) is 0. The van der Waals surface area contributed by atoms with Crippen molar-refractivity contribution in [2.75, 3.05) is 5.73 Å². The Bertz CT molecular complexity index is 709. The van der Waals surface area contributed by atoms with Gasteiger partial charge in [0.2, 0.25) is 0 Å². The van der Waals surface area contributed by atoms with Gasteiger partial charge in [0.15, 0.2) is 0 Å². The fourth-order valence-corrected chi connectivity index (χ4v) is 4.01. The molecule has 3 rings (SSSR count). The maximum Gasteiger partial charge on any atom is 0.263 e. The molecule has 0 bridgehead atoms. The number of hydrogen-bond acceptors (Lipinski definition) is 5. The van der Waals surface area contributed by atoms with Gasteiger partial charge in [-0.2, -0.15) is 5.10 Å². The van der Waals surface area contributed by atoms with Crippen molar-refractivity contribution < 1.29 is 4.79 Å². The molecule has 2 aromatic rings. The number of rotatable bonds is 2. The highest BCUT2D eigenvalue weighted by Gasteiger charge is 2.27. The first kappa shape index (κ1) is 14.3. The van der Waals surface area contributed by atoms with Gasteiger partial charge < -0.3 is 11.1 Å². The van der Waals surface area contributed by atoms with Crippen LogP contribution >= 0.6 is 11.3 Å². The number of hydrogen-bond donors (Lipinski definition) is 2. The molecule has 1 amide bonds. The Morgan fingerprint density at radius 3 is 2.76 bits per heavy atom. The molecule has 112 valence electrons. The van der Waals surface area contributed by atoms with Crippen LogP contribution in [0, 0.1) is 19.8 Å². The second-order valence-corrected chi connectivity index (χ2v) is 6.92. The lowest BCUT2D eigenvalue weighted by Gasteiger charge is -2.16. The lowest BCUT2D eigenvalue weighted by atomic mass is 10.1. The summed E-state index contributed by atoms with van der Waals surface area (Å²) < 4.78 is 0. The van der Waals surface area contributed by atoms with E-state index in [2.05, 4.69) is 22.4 Å². The number of fused-ring (bicyclic) bond motifs is 1. The van der Waals surface area contributed by atoms with E-state index in [4.69, 9.17) is 5.73 Å². The fourth-order valence-electron chi connectivity index (χ4n) is 3.00. The first-order chi connectivity index (χ1) is 9.99. The number of nitrogens with one attached hydrogen (secondary N) is 1. The fraction of sp³-hybridized carbons (Fsp3) is 0.533. The van der Waals surface area contributed by atoms with E-state index in [-0.39, 0.29) is 11.9 Å². The first-order valence-electron chi connectivity index (χ1n) is 7.31. The highest BCUT2D eigenvalue weighted by Crippen LogP contribution is 2.35. The predicted octanol–water partition coefficient (Wildman–Crippen LogP) is 2.81. The minimum absolute atomic E-state index is 0.0775. The molecule has 1 aliphatic rings. The van der Waals surface area contributed by atoms with E-state index < -0.39 is 0 Å². The number of amides is 1. The van der Waals surface area contributed by atoms with Crippen LogP contribution < -0.4 is 11.1 Å². The van der Waals surface area contributed by atoms with Gasteiger partial charge >= 0.3 is 0 Å². The van der Waals surface area contributed by atoms with Crippen LogP contribution in [0.5, 0.6) is 0 Å². The van der Waals surface area contributed by atoms with Crippen molar-refractivity contribution in [1.29, 1.82) is 0 Å². The molecule has 1 aliphatic carbocycles. The zero-order chi connectivity index (χ0) is 15.1. The van der Waals surface area contributed by atoms with E-state index in [1.807, 2.05) is 13.8 Å². The van der Waals surface area contributed by atoms with E-state index in [1.54, 1.807) is 0 Å². The molecule has 3 N–H and O–H groups in total. The van der Waals surface area contributed by atoms with Crippen molar-refractivity contribution in [1.82, 2.24) is 15.5 Å². The summed E-state index contributed by atoms with van der Waals surface area (Å²) in [6.07, 6.45) is 3.41. The number of aryl methyl sites for hydroxylation is 2. The van der Waals surface area contributed by atoms with Crippen LogP contribution in [-0.2, 0) is 0 Å². The molecule has 1 fully saturated rings. The minimum atomic E-state index is -0.0775. The van der Waals surface area contributed by atoms with Crippen LogP contribution in [0.15, 0.2) is 0 Å². The molecule has 0 aliphatic heterocycles. The van der Waals surface area contributed by atoms with Crippen molar-refractivity contribution >= 4 is 33.1 Å². The molecule has 0 saturated heterocycles. The number of nitrogens with zero attached hydrogens (tertiary/aromatic N) is 2. The highest BCUT2D eigenvalue weighted by molar-refractivity contribution is 7.21. The summed E-state index contributed by atoms with van der Waals surface area (Å²) >= 11 is 1.33. The van der Waals surface area contributed by atoms with E-state index in [9.17, 15) is 4.79 Å². The molecular formula is C15H20N4OS. The molecule has 2 atom stereocenters. The largest absolute Gasteiger partial charge is 0.397 e. The number of nitrogens with two attached hydrogens (primary N) is 1. The van der Waals surface area contributed by atoms with Crippen molar-refractivity contribution in [2.45, 2.75) is 46.1 Å². The van der Waals surface area contributed by atoms with Gasteiger partial charge in [-0.25, -0.2) is 0 Å². The first-order valence-corrected chi connectivity index (χ1v) is 8.13. The van der Waals surface area contributed by atoms with Gasteiger partial charge in [0.25, 0.3) is 5.91 Å². The Morgan fingerprint density at radius 2 is 2.10 bits per heavy atom. The van der Waals surface area contributed by atoms with Crippen LogP contribution in [-0.4, -0.2) is 22.1 Å². The quantitative estimate of drug-likeness (QED) is 0.894. The second-order valence-electron chi connectivity index (χ2n) is 5.92. The Kier molecular flexibility index (Phi) is 3.57. The molecule has 6 heteroatoms. The summed E-state index contributed by atoms with van der Waals surface area (Å²) in [6.45, 7) is 6.06. The summed E-state index contributed by atoms with van der Waals surface area (Å²) in [6, 6.07) is 0.260. The molecule has 0 aromatic carbocycles. The third-order valence-electron chi connectivity index (χ3n) is 4.52. The van der Waals surface area contributed by atoms with Gasteiger partial charge in [-0.3, -0.25) is 4.79 Å². The highest BCUT2D eigenvalue weighted by atomic mass is 32.1. The monoisotopic (exact) mass is 304 g/mol. The van der Waals surface area contributed by atoms with Crippen molar-refractivity contribution in [2.24, 2.45) is 5.92 Å². The average Bonchev–Trinajstić information content (AvgIpc) is 2.99. The number of nitrogen functional groups attached to an aromatic ring is 1. The standard InChI is InChI=1S/C15H20N4OS/c1-7-5-4-6-10(7)17-14(20)13-12(16)11-8(2)9(3)18-19-15(11)21-13/h7,10H,4-6,16H2,1-3H3,(H,17,20). The predicted molar refractivity (Wildman–Crippen MR) is 85.6 cm³/mol. The third-order valence-corrected chi connectivity index (χ3v) is 5.61. The number of aromatic nitrogens is 2. The molecule has 0 spiro atoms. The summed E-state index contributed by atoms with van der Waals surface area (Å²) in [5.74, 6) is 0.458. The number of carbonyl (C=O) groups excluding carboxylic acids is 1. The second kappa shape index (κ2) is 5.26. The van der Waals surface area contributed by atoms with Gasteiger partial charge in [-0.15, -0.1) is 16.4 Å². The van der Waals surface area contributed by atoms with Crippen LogP contribution in [0.1, 0.15) is 47.1 Å². The Hall–Kier alpha value is -1.69. The maximum atomic E-state index is 12.5. The molecular weight excluding hydrogens is 284 g/mol.